The molecule has 0 spiro atoms. The van der Waals surface area contributed by atoms with Crippen molar-refractivity contribution in [3.63, 3.8) is 0 Å². The van der Waals surface area contributed by atoms with Gasteiger partial charge in [0.05, 0.1) is 18.8 Å². The summed E-state index contributed by atoms with van der Waals surface area (Å²) >= 11 is 0. The first-order chi connectivity index (χ1) is 7.84. The van der Waals surface area contributed by atoms with Crippen LogP contribution in [0.4, 0.5) is 0 Å². The van der Waals surface area contributed by atoms with Crippen LogP contribution in [0.1, 0.15) is 39.0 Å². The molecule has 0 aromatic carbocycles. The summed E-state index contributed by atoms with van der Waals surface area (Å²) in [5.41, 5.74) is 0. The number of nitrogens with one attached hydrogen (secondary N) is 1. The largest absolute Gasteiger partial charge is 0.378 e. The van der Waals surface area contributed by atoms with Crippen molar-refractivity contribution in [1.29, 1.82) is 0 Å². The van der Waals surface area contributed by atoms with Crippen molar-refractivity contribution >= 4 is 0 Å². The number of ether oxygens (including phenoxy) is 2. The first-order valence-corrected chi connectivity index (χ1v) is 6.78. The SMILES string of the molecule is CC1CNCC(COCC2CCCCC2)O1. The molecule has 16 heavy (non-hydrogen) atoms. The van der Waals surface area contributed by atoms with Gasteiger partial charge in [-0.1, -0.05) is 19.3 Å². The van der Waals surface area contributed by atoms with Crippen molar-refractivity contribution in [2.45, 2.75) is 51.2 Å². The molecule has 1 aliphatic carbocycles. The van der Waals surface area contributed by atoms with E-state index in [0.717, 1.165) is 32.2 Å². The first-order valence-electron chi connectivity index (χ1n) is 6.78. The summed E-state index contributed by atoms with van der Waals surface area (Å²) in [6.07, 6.45) is 7.52. The molecule has 94 valence electrons. The molecule has 0 aromatic heterocycles. The zero-order chi connectivity index (χ0) is 11.2. The minimum Gasteiger partial charge on any atom is -0.378 e. The molecule has 1 saturated heterocycles. The van der Waals surface area contributed by atoms with Crippen molar-refractivity contribution in [2.24, 2.45) is 5.92 Å². The van der Waals surface area contributed by atoms with E-state index in [9.17, 15) is 0 Å². The van der Waals surface area contributed by atoms with Gasteiger partial charge in [-0.05, 0) is 25.7 Å². The standard InChI is InChI=1S/C13H25NO2/c1-11-7-14-8-13(16-11)10-15-9-12-5-3-2-4-6-12/h11-14H,2-10H2,1H3. The fourth-order valence-electron chi connectivity index (χ4n) is 2.69. The second kappa shape index (κ2) is 6.58. The van der Waals surface area contributed by atoms with Gasteiger partial charge in [-0.25, -0.2) is 0 Å². The summed E-state index contributed by atoms with van der Waals surface area (Å²) in [5.74, 6) is 0.808. The molecule has 0 amide bonds. The number of rotatable bonds is 4. The third-order valence-electron chi connectivity index (χ3n) is 3.61. The Kier molecular flexibility index (Phi) is 5.07. The molecular weight excluding hydrogens is 202 g/mol. The van der Waals surface area contributed by atoms with Gasteiger partial charge in [0, 0.05) is 19.7 Å². The molecule has 0 bridgehead atoms. The molecule has 2 atom stereocenters. The summed E-state index contributed by atoms with van der Waals surface area (Å²) < 4.78 is 11.6. The molecule has 0 radical (unpaired) electrons. The molecule has 3 heteroatoms. The topological polar surface area (TPSA) is 30.5 Å². The fourth-order valence-corrected chi connectivity index (χ4v) is 2.69. The van der Waals surface area contributed by atoms with Crippen LogP contribution in [0, 0.1) is 5.92 Å². The van der Waals surface area contributed by atoms with Crippen LogP contribution in [0.15, 0.2) is 0 Å². The molecule has 1 heterocycles. The van der Waals surface area contributed by atoms with Crippen LogP contribution in [0.2, 0.25) is 0 Å². The van der Waals surface area contributed by atoms with E-state index < -0.39 is 0 Å². The molecule has 2 aliphatic rings. The third kappa shape index (κ3) is 4.04. The highest BCUT2D eigenvalue weighted by Crippen LogP contribution is 2.23. The first kappa shape index (κ1) is 12.3. The lowest BCUT2D eigenvalue weighted by molar-refractivity contribution is -0.0740. The summed E-state index contributed by atoms with van der Waals surface area (Å²) in [6.45, 7) is 5.72. The smallest absolute Gasteiger partial charge is 0.0936 e. The zero-order valence-electron chi connectivity index (χ0n) is 10.4. The molecule has 1 N–H and O–H groups in total. The van der Waals surface area contributed by atoms with Crippen LogP contribution in [0.3, 0.4) is 0 Å². The van der Waals surface area contributed by atoms with Crippen molar-refractivity contribution in [3.8, 4) is 0 Å². The third-order valence-corrected chi connectivity index (χ3v) is 3.61. The van der Waals surface area contributed by atoms with Crippen LogP contribution < -0.4 is 5.32 Å². The molecular formula is C13H25NO2. The van der Waals surface area contributed by atoms with Gasteiger partial charge >= 0.3 is 0 Å². The van der Waals surface area contributed by atoms with Gasteiger partial charge in [0.1, 0.15) is 0 Å². The molecule has 0 aromatic rings. The van der Waals surface area contributed by atoms with Gasteiger partial charge < -0.3 is 14.8 Å². The van der Waals surface area contributed by atoms with Gasteiger partial charge in [-0.15, -0.1) is 0 Å². The Morgan fingerprint density at radius 3 is 2.69 bits per heavy atom. The Bertz CT molecular complexity index is 192. The highest BCUT2D eigenvalue weighted by Gasteiger charge is 2.19. The quantitative estimate of drug-likeness (QED) is 0.796. The van der Waals surface area contributed by atoms with Crippen molar-refractivity contribution in [3.05, 3.63) is 0 Å². The van der Waals surface area contributed by atoms with Gasteiger partial charge in [0.2, 0.25) is 0 Å². The summed E-state index contributed by atoms with van der Waals surface area (Å²) in [6, 6.07) is 0. The Morgan fingerprint density at radius 2 is 1.94 bits per heavy atom. The van der Waals surface area contributed by atoms with Gasteiger partial charge in [-0.3, -0.25) is 0 Å². The van der Waals surface area contributed by atoms with Crippen LogP contribution in [0.25, 0.3) is 0 Å². The number of morpholine rings is 1. The van der Waals surface area contributed by atoms with E-state index in [1.807, 2.05) is 0 Å². The summed E-state index contributed by atoms with van der Waals surface area (Å²) in [7, 11) is 0. The van der Waals surface area contributed by atoms with Crippen LogP contribution in [0.5, 0.6) is 0 Å². The van der Waals surface area contributed by atoms with Gasteiger partial charge in [0.15, 0.2) is 0 Å². The lowest BCUT2D eigenvalue weighted by Gasteiger charge is -2.29. The van der Waals surface area contributed by atoms with Crippen molar-refractivity contribution in [1.82, 2.24) is 5.32 Å². The van der Waals surface area contributed by atoms with E-state index in [1.165, 1.54) is 32.1 Å². The number of hydrogen-bond donors (Lipinski definition) is 1. The van der Waals surface area contributed by atoms with Gasteiger partial charge in [0.25, 0.3) is 0 Å². The Hall–Kier alpha value is -0.120. The minimum absolute atomic E-state index is 0.257. The van der Waals surface area contributed by atoms with E-state index in [1.54, 1.807) is 0 Å². The maximum Gasteiger partial charge on any atom is 0.0936 e. The average molecular weight is 227 g/mol. The maximum absolute atomic E-state index is 5.80. The predicted molar refractivity (Wildman–Crippen MR) is 64.6 cm³/mol. The molecule has 2 rings (SSSR count). The van der Waals surface area contributed by atoms with Crippen molar-refractivity contribution < 1.29 is 9.47 Å². The van der Waals surface area contributed by atoms with Crippen LogP contribution >= 0.6 is 0 Å². The zero-order valence-corrected chi connectivity index (χ0v) is 10.4. The summed E-state index contributed by atoms with van der Waals surface area (Å²) in [5, 5.41) is 3.37. The van der Waals surface area contributed by atoms with E-state index in [4.69, 9.17) is 9.47 Å². The van der Waals surface area contributed by atoms with Crippen molar-refractivity contribution in [2.75, 3.05) is 26.3 Å². The fraction of sp³-hybridized carbons (Fsp3) is 1.00. The second-order valence-electron chi connectivity index (χ2n) is 5.27. The monoisotopic (exact) mass is 227 g/mol. The Balaban J connectivity index is 1.56. The highest BCUT2D eigenvalue weighted by molar-refractivity contribution is 4.72. The van der Waals surface area contributed by atoms with Crippen LogP contribution in [-0.4, -0.2) is 38.5 Å². The predicted octanol–water partition coefficient (Wildman–Crippen LogP) is 1.96. The lowest BCUT2D eigenvalue weighted by atomic mass is 9.90. The second-order valence-corrected chi connectivity index (χ2v) is 5.27. The lowest BCUT2D eigenvalue weighted by Crippen LogP contribution is -2.45. The number of hydrogen-bond acceptors (Lipinski definition) is 3. The van der Waals surface area contributed by atoms with Crippen LogP contribution in [-0.2, 0) is 9.47 Å². The van der Waals surface area contributed by atoms with Gasteiger partial charge in [-0.2, -0.15) is 0 Å². The summed E-state index contributed by atoms with van der Waals surface area (Å²) in [4.78, 5) is 0. The minimum atomic E-state index is 0.257. The molecule has 1 saturated carbocycles. The Labute approximate surface area is 98.9 Å². The Morgan fingerprint density at radius 1 is 1.12 bits per heavy atom. The van der Waals surface area contributed by atoms with E-state index in [-0.39, 0.29) is 6.10 Å². The molecule has 2 unspecified atom stereocenters. The highest BCUT2D eigenvalue weighted by atomic mass is 16.5. The van der Waals surface area contributed by atoms with E-state index in [2.05, 4.69) is 12.2 Å². The normalized spacial score (nSPS) is 32.8. The van der Waals surface area contributed by atoms with E-state index >= 15 is 0 Å². The molecule has 3 nitrogen and oxygen atoms in total. The molecule has 1 aliphatic heterocycles. The molecule has 2 fully saturated rings. The van der Waals surface area contributed by atoms with E-state index in [0.29, 0.717) is 6.10 Å². The maximum atomic E-state index is 5.80. The average Bonchev–Trinajstić information content (AvgIpc) is 2.30.